The van der Waals surface area contributed by atoms with Gasteiger partial charge in [0.1, 0.15) is 0 Å². The quantitative estimate of drug-likeness (QED) is 0.847. The Kier molecular flexibility index (Phi) is 5.27. The maximum Gasteiger partial charge on any atom is 0.0117 e. The van der Waals surface area contributed by atoms with Crippen molar-refractivity contribution in [1.29, 1.82) is 0 Å². The van der Waals surface area contributed by atoms with Crippen LogP contribution in [0.25, 0.3) is 0 Å². The molecule has 0 bridgehead atoms. The van der Waals surface area contributed by atoms with Gasteiger partial charge in [0, 0.05) is 12.6 Å². The summed E-state index contributed by atoms with van der Waals surface area (Å²) in [6.07, 6.45) is 8.06. The number of hydrogen-bond donors (Lipinski definition) is 1. The van der Waals surface area contributed by atoms with Crippen molar-refractivity contribution >= 4 is 0 Å². The fourth-order valence-electron chi connectivity index (χ4n) is 3.90. The highest BCUT2D eigenvalue weighted by molar-refractivity contribution is 4.90. The van der Waals surface area contributed by atoms with Crippen molar-refractivity contribution in [2.45, 2.75) is 51.5 Å². The van der Waals surface area contributed by atoms with Crippen LogP contribution in [0.5, 0.6) is 0 Å². The summed E-state index contributed by atoms with van der Waals surface area (Å²) in [5.41, 5.74) is 6.56. The first kappa shape index (κ1) is 15.3. The van der Waals surface area contributed by atoms with E-state index in [0.717, 1.165) is 18.5 Å². The Bertz CT molecular complexity index is 263. The predicted molar refractivity (Wildman–Crippen MR) is 82.3 cm³/mol. The smallest absolute Gasteiger partial charge is 0.0117 e. The third-order valence-electron chi connectivity index (χ3n) is 5.66. The second-order valence-corrected chi connectivity index (χ2v) is 7.34. The topological polar surface area (TPSA) is 32.5 Å². The van der Waals surface area contributed by atoms with E-state index in [9.17, 15) is 0 Å². The molecule has 1 saturated heterocycles. The molecule has 0 unspecified atom stereocenters. The SMILES string of the molecule is CC1CCC(CN)(CN(C)C2CCN(C)CC2)CC1. The molecule has 0 amide bonds. The van der Waals surface area contributed by atoms with Crippen LogP contribution in [-0.2, 0) is 0 Å². The third kappa shape index (κ3) is 3.93. The van der Waals surface area contributed by atoms with E-state index in [1.165, 1.54) is 58.2 Å². The van der Waals surface area contributed by atoms with Crippen LogP contribution in [0.2, 0.25) is 0 Å². The summed E-state index contributed by atoms with van der Waals surface area (Å²) in [5.74, 6) is 0.910. The number of hydrogen-bond acceptors (Lipinski definition) is 3. The van der Waals surface area contributed by atoms with Crippen molar-refractivity contribution in [2.24, 2.45) is 17.1 Å². The molecule has 112 valence electrons. The molecule has 1 saturated carbocycles. The Hall–Kier alpha value is -0.120. The van der Waals surface area contributed by atoms with Gasteiger partial charge in [0.25, 0.3) is 0 Å². The molecule has 0 spiro atoms. The van der Waals surface area contributed by atoms with Gasteiger partial charge in [-0.3, -0.25) is 0 Å². The van der Waals surface area contributed by atoms with Crippen molar-refractivity contribution < 1.29 is 0 Å². The van der Waals surface area contributed by atoms with Crippen molar-refractivity contribution in [2.75, 3.05) is 40.3 Å². The predicted octanol–water partition coefficient (Wildman–Crippen LogP) is 2.17. The lowest BCUT2D eigenvalue weighted by molar-refractivity contribution is 0.0641. The average molecular weight is 267 g/mol. The molecule has 2 N–H and O–H groups in total. The van der Waals surface area contributed by atoms with Crippen molar-refractivity contribution in [3.63, 3.8) is 0 Å². The Labute approximate surface area is 119 Å². The number of likely N-dealkylation sites (tertiary alicyclic amines) is 1. The van der Waals surface area contributed by atoms with E-state index in [0.29, 0.717) is 5.41 Å². The van der Waals surface area contributed by atoms with E-state index in [-0.39, 0.29) is 0 Å². The summed E-state index contributed by atoms with van der Waals surface area (Å²) in [4.78, 5) is 5.07. The normalized spacial score (nSPS) is 34.9. The molecule has 0 radical (unpaired) electrons. The largest absolute Gasteiger partial charge is 0.330 e. The highest BCUT2D eigenvalue weighted by Gasteiger charge is 2.35. The fourth-order valence-corrected chi connectivity index (χ4v) is 3.90. The minimum absolute atomic E-state index is 0.407. The van der Waals surface area contributed by atoms with Gasteiger partial charge >= 0.3 is 0 Å². The van der Waals surface area contributed by atoms with E-state index in [1.54, 1.807) is 0 Å². The fraction of sp³-hybridized carbons (Fsp3) is 1.00. The van der Waals surface area contributed by atoms with Gasteiger partial charge in [-0.2, -0.15) is 0 Å². The van der Waals surface area contributed by atoms with E-state index in [1.807, 2.05) is 0 Å². The number of nitrogens with zero attached hydrogens (tertiary/aromatic N) is 2. The summed E-state index contributed by atoms with van der Waals surface area (Å²) in [7, 11) is 4.56. The van der Waals surface area contributed by atoms with E-state index >= 15 is 0 Å². The van der Waals surface area contributed by atoms with Crippen LogP contribution in [0.15, 0.2) is 0 Å². The van der Waals surface area contributed by atoms with Gasteiger partial charge < -0.3 is 15.5 Å². The Morgan fingerprint density at radius 3 is 2.26 bits per heavy atom. The zero-order valence-electron chi connectivity index (χ0n) is 13.2. The van der Waals surface area contributed by atoms with E-state index in [2.05, 4.69) is 30.8 Å². The molecule has 19 heavy (non-hydrogen) atoms. The maximum absolute atomic E-state index is 6.15. The third-order valence-corrected chi connectivity index (χ3v) is 5.66. The Balaban J connectivity index is 1.87. The van der Waals surface area contributed by atoms with Crippen LogP contribution in [0, 0.1) is 11.3 Å². The van der Waals surface area contributed by atoms with Crippen LogP contribution < -0.4 is 5.73 Å². The Morgan fingerprint density at radius 1 is 1.16 bits per heavy atom. The number of nitrogens with two attached hydrogens (primary N) is 1. The van der Waals surface area contributed by atoms with Gasteiger partial charge in [-0.15, -0.1) is 0 Å². The summed E-state index contributed by atoms with van der Waals surface area (Å²) in [5, 5.41) is 0. The molecule has 0 aromatic carbocycles. The number of rotatable bonds is 4. The molecule has 1 aliphatic heterocycles. The van der Waals surface area contributed by atoms with Gasteiger partial charge in [-0.1, -0.05) is 19.8 Å². The van der Waals surface area contributed by atoms with E-state index in [4.69, 9.17) is 5.73 Å². The van der Waals surface area contributed by atoms with Crippen LogP contribution in [0.4, 0.5) is 0 Å². The molecule has 2 fully saturated rings. The molecule has 3 heteroatoms. The maximum atomic E-state index is 6.15. The lowest BCUT2D eigenvalue weighted by atomic mass is 9.70. The van der Waals surface area contributed by atoms with Gasteiger partial charge in [-0.05, 0) is 70.7 Å². The van der Waals surface area contributed by atoms with Crippen LogP contribution in [0.3, 0.4) is 0 Å². The summed E-state index contributed by atoms with van der Waals surface area (Å²) >= 11 is 0. The van der Waals surface area contributed by atoms with Crippen LogP contribution >= 0.6 is 0 Å². The monoisotopic (exact) mass is 267 g/mol. The minimum Gasteiger partial charge on any atom is -0.330 e. The lowest BCUT2D eigenvalue weighted by Gasteiger charge is -2.44. The standard InChI is InChI=1S/C16H33N3/c1-14-4-8-16(12-17,9-5-14)13-19(3)15-6-10-18(2)11-7-15/h14-15H,4-13,17H2,1-3H3. The van der Waals surface area contributed by atoms with Crippen molar-refractivity contribution in [1.82, 2.24) is 9.80 Å². The average Bonchev–Trinajstić information content (AvgIpc) is 2.42. The van der Waals surface area contributed by atoms with Gasteiger partial charge in [-0.25, -0.2) is 0 Å². The molecule has 3 nitrogen and oxygen atoms in total. The second kappa shape index (κ2) is 6.55. The highest BCUT2D eigenvalue weighted by Crippen LogP contribution is 2.39. The molecule has 1 aliphatic carbocycles. The summed E-state index contributed by atoms with van der Waals surface area (Å²) in [6.45, 7) is 6.98. The minimum atomic E-state index is 0.407. The first-order valence-electron chi connectivity index (χ1n) is 8.13. The van der Waals surface area contributed by atoms with Crippen molar-refractivity contribution in [3.05, 3.63) is 0 Å². The molecule has 2 aliphatic rings. The van der Waals surface area contributed by atoms with Crippen molar-refractivity contribution in [3.8, 4) is 0 Å². The Morgan fingerprint density at radius 2 is 1.74 bits per heavy atom. The molecular formula is C16H33N3. The van der Waals surface area contributed by atoms with Crippen LogP contribution in [0.1, 0.15) is 45.4 Å². The molecular weight excluding hydrogens is 234 g/mol. The molecule has 0 aromatic rings. The summed E-state index contributed by atoms with van der Waals surface area (Å²) < 4.78 is 0. The zero-order chi connectivity index (χ0) is 13.9. The van der Waals surface area contributed by atoms with Gasteiger partial charge in [0.2, 0.25) is 0 Å². The number of piperidine rings is 1. The molecule has 0 aromatic heterocycles. The molecule has 1 heterocycles. The zero-order valence-corrected chi connectivity index (χ0v) is 13.2. The second-order valence-electron chi connectivity index (χ2n) is 7.34. The summed E-state index contributed by atoms with van der Waals surface area (Å²) in [6, 6.07) is 0.777. The van der Waals surface area contributed by atoms with Gasteiger partial charge in [0.05, 0.1) is 0 Å². The highest BCUT2D eigenvalue weighted by atomic mass is 15.2. The van der Waals surface area contributed by atoms with E-state index < -0.39 is 0 Å². The van der Waals surface area contributed by atoms with Crippen LogP contribution in [-0.4, -0.2) is 56.1 Å². The lowest BCUT2D eigenvalue weighted by Crippen LogP contribution is -2.49. The first-order chi connectivity index (χ1) is 9.04. The first-order valence-corrected chi connectivity index (χ1v) is 8.13. The molecule has 2 rings (SSSR count). The van der Waals surface area contributed by atoms with Gasteiger partial charge in [0.15, 0.2) is 0 Å². The molecule has 0 atom stereocenters.